The van der Waals surface area contributed by atoms with Gasteiger partial charge in [-0.15, -0.1) is 0 Å². The van der Waals surface area contributed by atoms with Gasteiger partial charge in [0.15, 0.2) is 0 Å². The molecule has 0 aromatic heterocycles. The topological polar surface area (TPSA) is 236 Å². The molecule has 3 saturated carbocycles. The Balaban J connectivity index is -0.000000248. The molecule has 0 saturated heterocycles. The van der Waals surface area contributed by atoms with Crippen LogP contribution in [0.2, 0.25) is 0 Å². The van der Waals surface area contributed by atoms with Crippen LogP contribution in [0.3, 0.4) is 0 Å². The maximum Gasteiger partial charge on any atom is 0.304 e. The van der Waals surface area contributed by atoms with Crippen LogP contribution in [0.4, 0.5) is 0 Å². The lowest BCUT2D eigenvalue weighted by molar-refractivity contribution is -0.425. The van der Waals surface area contributed by atoms with E-state index in [1.165, 1.54) is 139 Å². The van der Waals surface area contributed by atoms with Crippen molar-refractivity contribution in [1.29, 1.82) is 0 Å². The highest BCUT2D eigenvalue weighted by molar-refractivity contribution is 8.77. The van der Waals surface area contributed by atoms with Crippen LogP contribution in [-0.4, -0.2) is 75.2 Å². The summed E-state index contributed by atoms with van der Waals surface area (Å²) in [5, 5.41) is 36.3. The van der Waals surface area contributed by atoms with Crippen LogP contribution in [-0.2, 0) is 19.2 Å². The van der Waals surface area contributed by atoms with Gasteiger partial charge < -0.3 is 47.2 Å². The van der Waals surface area contributed by atoms with Crippen molar-refractivity contribution in [3.05, 3.63) is 0 Å². The van der Waals surface area contributed by atoms with Crippen molar-refractivity contribution >= 4 is 67.1 Å². The number of carbonyl (C=O) groups is 4. The molecule has 0 amide bonds. The standard InChI is InChI=1S/3C6H13N.2C6H10O4S2.2CH4/c3*7-6-4-2-1-3-5-6;2*7-5(8)1-3-11-12-4-2-6(9)10;;/h3*6H,1-5,7H2;2*1-4H2,(H,7,8)(H,9,10);2*1H4. The van der Waals surface area contributed by atoms with Crippen molar-refractivity contribution in [1.82, 2.24) is 0 Å². The minimum absolute atomic E-state index is 0. The molecule has 0 aliphatic heterocycles. The number of carbonyl (C=O) groups excluding carboxylic acids is 2. The largest absolute Gasteiger partial charge is 0.550 e. The molecule has 282 valence electrons. The van der Waals surface area contributed by atoms with Crippen molar-refractivity contribution < 1.29 is 51.1 Å². The maximum absolute atomic E-state index is 10.0. The molecule has 0 atom stereocenters. The SMILES string of the molecule is C.C.NC1CCCCC1.O=C(O)CCSSCCC(=O)O.O=C([O-])CCSSCCC(=O)[O-].[NH3+]C1CCCCC1.[NH3+]C1CCCCC1. The summed E-state index contributed by atoms with van der Waals surface area (Å²) >= 11 is 0. The van der Waals surface area contributed by atoms with Gasteiger partial charge in [-0.3, -0.25) is 9.59 Å². The van der Waals surface area contributed by atoms with Crippen molar-refractivity contribution in [2.45, 2.75) is 155 Å². The van der Waals surface area contributed by atoms with Gasteiger partial charge in [-0.25, -0.2) is 0 Å². The highest BCUT2D eigenvalue weighted by Gasteiger charge is 2.10. The van der Waals surface area contributed by atoms with Crippen LogP contribution < -0.4 is 27.4 Å². The van der Waals surface area contributed by atoms with Crippen LogP contribution in [0, 0.1) is 0 Å². The van der Waals surface area contributed by atoms with E-state index in [1.54, 1.807) is 0 Å². The highest BCUT2D eigenvalue weighted by atomic mass is 33.1. The van der Waals surface area contributed by atoms with E-state index in [0.717, 1.165) is 12.1 Å². The average Bonchev–Trinajstić information content (AvgIpc) is 2.99. The number of quaternary nitrogens is 2. The summed E-state index contributed by atoms with van der Waals surface area (Å²) in [5.41, 5.74) is 13.6. The predicted octanol–water partition coefficient (Wildman–Crippen LogP) is 3.64. The van der Waals surface area contributed by atoms with E-state index >= 15 is 0 Å². The van der Waals surface area contributed by atoms with Crippen LogP contribution in [0.5, 0.6) is 0 Å². The molecule has 0 aromatic rings. The fourth-order valence-corrected chi connectivity index (χ4v) is 8.15. The maximum atomic E-state index is 10.0. The number of hydrogen-bond acceptors (Lipinski definition) is 11. The molecule has 0 radical (unpaired) electrons. The second-order valence-electron chi connectivity index (χ2n) is 11.2. The third-order valence-electron chi connectivity index (χ3n) is 6.84. The average molecular weight is 750 g/mol. The van der Waals surface area contributed by atoms with Gasteiger partial charge in [0.1, 0.15) is 0 Å². The fraction of sp³-hybridized carbons (Fsp3) is 0.875. The first kappa shape index (κ1) is 53.0. The number of hydrogen-bond donors (Lipinski definition) is 5. The molecular formula is C32H67N3O8S4. The first-order chi connectivity index (χ1) is 21.4. The van der Waals surface area contributed by atoms with Crippen molar-refractivity contribution in [2.24, 2.45) is 5.73 Å². The lowest BCUT2D eigenvalue weighted by Crippen LogP contribution is -2.61. The number of carboxylic acids is 4. The Kier molecular flexibility index (Phi) is 44.6. The van der Waals surface area contributed by atoms with E-state index in [4.69, 9.17) is 15.9 Å². The van der Waals surface area contributed by atoms with Gasteiger partial charge in [-0.1, -0.05) is 90.1 Å². The molecular weight excluding hydrogens is 683 g/mol. The van der Waals surface area contributed by atoms with Gasteiger partial charge in [0.25, 0.3) is 0 Å². The number of rotatable bonds is 14. The molecule has 0 unspecified atom stereocenters. The monoisotopic (exact) mass is 749 g/mol. The molecule has 0 aromatic carbocycles. The lowest BCUT2D eigenvalue weighted by Gasteiger charge is -2.15. The van der Waals surface area contributed by atoms with Crippen LogP contribution >= 0.6 is 43.2 Å². The molecule has 0 spiro atoms. The van der Waals surface area contributed by atoms with E-state index in [9.17, 15) is 29.4 Å². The summed E-state index contributed by atoms with van der Waals surface area (Å²) in [6.07, 6.45) is 21.0. The number of aliphatic carboxylic acids is 4. The third kappa shape index (κ3) is 49.7. The van der Waals surface area contributed by atoms with E-state index in [1.807, 2.05) is 0 Å². The lowest BCUT2D eigenvalue weighted by atomic mass is 9.97. The van der Waals surface area contributed by atoms with Crippen LogP contribution in [0.1, 0.15) is 137 Å². The minimum Gasteiger partial charge on any atom is -0.550 e. The summed E-state index contributed by atoms with van der Waals surface area (Å²) in [4.78, 5) is 39.9. The van der Waals surface area contributed by atoms with Crippen molar-refractivity contribution in [3.63, 3.8) is 0 Å². The first-order valence-corrected chi connectivity index (χ1v) is 21.1. The molecule has 3 aliphatic rings. The summed E-state index contributed by atoms with van der Waals surface area (Å²) < 4.78 is 0. The number of carboxylic acid groups (broad SMARTS) is 4. The molecule has 0 heterocycles. The third-order valence-corrected chi connectivity index (χ3v) is 11.7. The molecule has 3 rings (SSSR count). The normalized spacial score (nSPS) is 16.2. The molecule has 11 nitrogen and oxygen atoms in total. The second-order valence-corrected chi connectivity index (χ2v) is 16.6. The molecule has 3 fully saturated rings. The van der Waals surface area contributed by atoms with Crippen molar-refractivity contribution in [3.8, 4) is 0 Å². The Bertz CT molecular complexity index is 629. The Labute approximate surface area is 300 Å². The second kappa shape index (κ2) is 39.6. The predicted molar refractivity (Wildman–Crippen MR) is 198 cm³/mol. The zero-order valence-electron chi connectivity index (χ0n) is 27.0. The summed E-state index contributed by atoms with van der Waals surface area (Å²) in [6.45, 7) is 0. The van der Waals surface area contributed by atoms with Gasteiger partial charge in [-0.2, -0.15) is 0 Å². The fourth-order valence-electron chi connectivity index (χ4n) is 4.25. The molecule has 47 heavy (non-hydrogen) atoms. The smallest absolute Gasteiger partial charge is 0.304 e. The molecule has 0 bridgehead atoms. The van der Waals surface area contributed by atoms with Gasteiger partial charge in [0.2, 0.25) is 0 Å². The Morgan fingerprint density at radius 2 is 0.787 bits per heavy atom. The molecule has 3 aliphatic carbocycles. The Morgan fingerprint density at radius 3 is 0.957 bits per heavy atom. The van der Waals surface area contributed by atoms with Crippen LogP contribution in [0.25, 0.3) is 0 Å². The zero-order valence-corrected chi connectivity index (χ0v) is 30.2. The molecule has 15 heteroatoms. The van der Waals surface area contributed by atoms with E-state index in [-0.39, 0.29) is 40.5 Å². The van der Waals surface area contributed by atoms with Gasteiger partial charge >= 0.3 is 11.9 Å². The van der Waals surface area contributed by atoms with Crippen molar-refractivity contribution in [2.75, 3.05) is 23.0 Å². The molecule has 10 N–H and O–H groups in total. The Morgan fingerprint density at radius 1 is 0.532 bits per heavy atom. The van der Waals surface area contributed by atoms with E-state index < -0.39 is 23.9 Å². The minimum atomic E-state index is -1.08. The summed E-state index contributed by atoms with van der Waals surface area (Å²) in [5.74, 6) is -1.85. The summed E-state index contributed by atoms with van der Waals surface area (Å²) in [6, 6.07) is 2.11. The zero-order chi connectivity index (χ0) is 34.1. The van der Waals surface area contributed by atoms with Gasteiger partial charge in [0.05, 0.1) is 24.9 Å². The quantitative estimate of drug-likeness (QED) is 0.126. The highest BCUT2D eigenvalue weighted by Crippen LogP contribution is 2.23. The summed E-state index contributed by atoms with van der Waals surface area (Å²) in [7, 11) is 5.45. The van der Waals surface area contributed by atoms with E-state index in [2.05, 4.69) is 11.5 Å². The number of nitrogens with two attached hydrogens (primary N) is 1. The van der Waals surface area contributed by atoms with Gasteiger partial charge in [0, 0.05) is 41.0 Å². The van der Waals surface area contributed by atoms with Crippen LogP contribution in [0.15, 0.2) is 0 Å². The van der Waals surface area contributed by atoms with E-state index in [0.29, 0.717) is 29.1 Å². The first-order valence-electron chi connectivity index (χ1n) is 16.2. The Hall–Kier alpha value is -0.840. The van der Waals surface area contributed by atoms with Gasteiger partial charge in [-0.05, 0) is 77.0 Å².